The van der Waals surface area contributed by atoms with Crippen LogP contribution in [0.25, 0.3) is 0 Å². The maximum absolute atomic E-state index is 11.4. The molecule has 0 bridgehead atoms. The topological polar surface area (TPSA) is 74.7 Å². The first-order valence-electron chi connectivity index (χ1n) is 4.65. The van der Waals surface area contributed by atoms with Crippen molar-refractivity contribution in [1.29, 1.82) is 0 Å². The summed E-state index contributed by atoms with van der Waals surface area (Å²) in [6.45, 7) is 2.29. The van der Waals surface area contributed by atoms with Crippen molar-refractivity contribution in [1.82, 2.24) is 4.31 Å². The number of carboxylic acids is 1. The number of rotatable bonds is 4. The molecule has 5 nitrogen and oxygen atoms in total. The van der Waals surface area contributed by atoms with Crippen LogP contribution in [0.4, 0.5) is 0 Å². The van der Waals surface area contributed by atoms with E-state index in [0.29, 0.717) is 19.4 Å². The van der Waals surface area contributed by atoms with E-state index in [4.69, 9.17) is 5.11 Å². The zero-order valence-corrected chi connectivity index (χ0v) is 8.96. The first-order chi connectivity index (χ1) is 6.43. The van der Waals surface area contributed by atoms with Gasteiger partial charge in [-0.25, -0.2) is 8.42 Å². The van der Waals surface area contributed by atoms with Crippen LogP contribution < -0.4 is 0 Å². The van der Waals surface area contributed by atoms with Gasteiger partial charge >= 0.3 is 5.97 Å². The van der Waals surface area contributed by atoms with Gasteiger partial charge in [-0.05, 0) is 19.8 Å². The fraction of sp³-hybridized carbons (Fsp3) is 0.875. The minimum Gasteiger partial charge on any atom is -0.481 e. The van der Waals surface area contributed by atoms with Crippen LogP contribution in [0.2, 0.25) is 0 Å². The predicted molar refractivity (Wildman–Crippen MR) is 51.4 cm³/mol. The van der Waals surface area contributed by atoms with Crippen LogP contribution in [0, 0.1) is 0 Å². The summed E-state index contributed by atoms with van der Waals surface area (Å²) in [5, 5.41) is 8.47. The number of hydrogen-bond acceptors (Lipinski definition) is 3. The molecule has 1 saturated heterocycles. The SMILES string of the molecule is CC(CCC(=O)O)N1CCCS1(=O)=O. The number of aliphatic carboxylic acids is 1. The zero-order chi connectivity index (χ0) is 10.8. The molecule has 0 aromatic carbocycles. The number of carbonyl (C=O) groups is 1. The molecule has 1 atom stereocenters. The lowest BCUT2D eigenvalue weighted by molar-refractivity contribution is -0.137. The molecule has 0 aromatic rings. The van der Waals surface area contributed by atoms with Crippen molar-refractivity contribution in [2.45, 2.75) is 32.2 Å². The van der Waals surface area contributed by atoms with Crippen LogP contribution >= 0.6 is 0 Å². The fourth-order valence-corrected chi connectivity index (χ4v) is 3.42. The molecule has 0 amide bonds. The smallest absolute Gasteiger partial charge is 0.303 e. The average molecular weight is 221 g/mol. The van der Waals surface area contributed by atoms with Crippen molar-refractivity contribution in [2.24, 2.45) is 0 Å². The van der Waals surface area contributed by atoms with Crippen LogP contribution in [0.1, 0.15) is 26.2 Å². The lowest BCUT2D eigenvalue weighted by Gasteiger charge is -2.21. The largest absolute Gasteiger partial charge is 0.481 e. The molecule has 0 aliphatic carbocycles. The van der Waals surface area contributed by atoms with Gasteiger partial charge in [-0.3, -0.25) is 4.79 Å². The van der Waals surface area contributed by atoms with E-state index in [2.05, 4.69) is 0 Å². The Morgan fingerprint density at radius 2 is 2.21 bits per heavy atom. The molecule has 6 heteroatoms. The summed E-state index contributed by atoms with van der Waals surface area (Å²) in [5.74, 6) is -0.682. The van der Waals surface area contributed by atoms with E-state index in [9.17, 15) is 13.2 Å². The first kappa shape index (κ1) is 11.5. The maximum atomic E-state index is 11.4. The Labute approximate surface area is 83.8 Å². The third-order valence-electron chi connectivity index (χ3n) is 2.41. The molecule has 14 heavy (non-hydrogen) atoms. The Morgan fingerprint density at radius 3 is 2.64 bits per heavy atom. The lowest BCUT2D eigenvalue weighted by atomic mass is 10.2. The second-order valence-corrected chi connectivity index (χ2v) is 5.60. The van der Waals surface area contributed by atoms with Gasteiger partial charge in [-0.1, -0.05) is 0 Å². The Bertz CT molecular complexity index is 311. The summed E-state index contributed by atoms with van der Waals surface area (Å²) in [6, 6.07) is -0.196. The molecule has 1 aliphatic heterocycles. The van der Waals surface area contributed by atoms with E-state index in [1.54, 1.807) is 6.92 Å². The monoisotopic (exact) mass is 221 g/mol. The van der Waals surface area contributed by atoms with E-state index in [1.807, 2.05) is 0 Å². The third-order valence-corrected chi connectivity index (χ3v) is 4.47. The average Bonchev–Trinajstić information content (AvgIpc) is 2.41. The van der Waals surface area contributed by atoms with Crippen molar-refractivity contribution in [3.05, 3.63) is 0 Å². The van der Waals surface area contributed by atoms with Crippen LogP contribution in [0.5, 0.6) is 0 Å². The number of hydrogen-bond donors (Lipinski definition) is 1. The van der Waals surface area contributed by atoms with E-state index in [0.717, 1.165) is 0 Å². The number of nitrogens with zero attached hydrogens (tertiary/aromatic N) is 1. The molecule has 1 rings (SSSR count). The quantitative estimate of drug-likeness (QED) is 0.739. The second kappa shape index (κ2) is 4.27. The minimum absolute atomic E-state index is 0.0210. The molecule has 1 N–H and O–H groups in total. The van der Waals surface area contributed by atoms with Gasteiger partial charge in [0.25, 0.3) is 0 Å². The summed E-state index contributed by atoms with van der Waals surface area (Å²) < 4.78 is 24.3. The van der Waals surface area contributed by atoms with Gasteiger partial charge in [0.1, 0.15) is 0 Å². The highest BCUT2D eigenvalue weighted by molar-refractivity contribution is 7.89. The van der Waals surface area contributed by atoms with Crippen LogP contribution in [0.3, 0.4) is 0 Å². The van der Waals surface area contributed by atoms with Gasteiger partial charge in [0.15, 0.2) is 0 Å². The lowest BCUT2D eigenvalue weighted by Crippen LogP contribution is -2.34. The van der Waals surface area contributed by atoms with Gasteiger partial charge in [0.2, 0.25) is 10.0 Å². The van der Waals surface area contributed by atoms with Crippen molar-refractivity contribution < 1.29 is 18.3 Å². The van der Waals surface area contributed by atoms with Gasteiger partial charge < -0.3 is 5.11 Å². The maximum Gasteiger partial charge on any atom is 0.303 e. The summed E-state index contributed by atoms with van der Waals surface area (Å²) >= 11 is 0. The molecular weight excluding hydrogens is 206 g/mol. The summed E-state index contributed by atoms with van der Waals surface area (Å²) in [7, 11) is -3.09. The Kier molecular flexibility index (Phi) is 3.49. The molecule has 0 saturated carbocycles. The Morgan fingerprint density at radius 1 is 1.57 bits per heavy atom. The number of sulfonamides is 1. The summed E-state index contributed by atoms with van der Waals surface area (Å²) in [5.41, 5.74) is 0. The zero-order valence-electron chi connectivity index (χ0n) is 8.14. The van der Waals surface area contributed by atoms with E-state index >= 15 is 0 Å². The fourth-order valence-electron chi connectivity index (χ4n) is 1.63. The molecular formula is C8H15NO4S. The van der Waals surface area contributed by atoms with E-state index in [-0.39, 0.29) is 18.2 Å². The summed E-state index contributed by atoms with van der Waals surface area (Å²) in [4.78, 5) is 10.3. The van der Waals surface area contributed by atoms with Crippen molar-refractivity contribution in [2.75, 3.05) is 12.3 Å². The summed E-state index contributed by atoms with van der Waals surface area (Å²) in [6.07, 6.45) is 1.06. The normalized spacial score (nSPS) is 23.5. The van der Waals surface area contributed by atoms with Crippen molar-refractivity contribution in [3.8, 4) is 0 Å². The Balaban J connectivity index is 2.52. The van der Waals surface area contributed by atoms with Gasteiger partial charge in [0, 0.05) is 19.0 Å². The molecule has 1 heterocycles. The molecule has 1 fully saturated rings. The van der Waals surface area contributed by atoms with E-state index in [1.165, 1.54) is 4.31 Å². The van der Waals surface area contributed by atoms with Gasteiger partial charge in [-0.15, -0.1) is 0 Å². The van der Waals surface area contributed by atoms with Crippen molar-refractivity contribution in [3.63, 3.8) is 0 Å². The third kappa shape index (κ3) is 2.68. The predicted octanol–water partition coefficient (Wildman–Crippen LogP) is 0.275. The van der Waals surface area contributed by atoms with Crippen LogP contribution in [-0.2, 0) is 14.8 Å². The molecule has 1 aliphatic rings. The number of carboxylic acid groups (broad SMARTS) is 1. The Hall–Kier alpha value is -0.620. The second-order valence-electron chi connectivity index (χ2n) is 3.56. The molecule has 0 radical (unpaired) electrons. The highest BCUT2D eigenvalue weighted by Gasteiger charge is 2.31. The molecule has 0 spiro atoms. The van der Waals surface area contributed by atoms with Crippen molar-refractivity contribution >= 4 is 16.0 Å². The molecule has 1 unspecified atom stereocenters. The van der Waals surface area contributed by atoms with Crippen LogP contribution in [0.15, 0.2) is 0 Å². The minimum atomic E-state index is -3.09. The highest BCUT2D eigenvalue weighted by Crippen LogP contribution is 2.19. The van der Waals surface area contributed by atoms with E-state index < -0.39 is 16.0 Å². The highest BCUT2D eigenvalue weighted by atomic mass is 32.2. The van der Waals surface area contributed by atoms with Crippen LogP contribution in [-0.4, -0.2) is 42.1 Å². The molecule has 82 valence electrons. The first-order valence-corrected chi connectivity index (χ1v) is 6.26. The standard InChI is InChI=1S/C8H15NO4S/c1-7(3-4-8(10)11)9-5-2-6-14(9,12)13/h7H,2-6H2,1H3,(H,10,11). The van der Waals surface area contributed by atoms with Gasteiger partial charge in [0.05, 0.1) is 5.75 Å². The molecule has 0 aromatic heterocycles. The van der Waals surface area contributed by atoms with Gasteiger partial charge in [-0.2, -0.15) is 4.31 Å².